The summed E-state index contributed by atoms with van der Waals surface area (Å²) in [6, 6.07) is 14.0. The zero-order valence-corrected chi connectivity index (χ0v) is 15.8. The average molecular weight is 339 g/mol. The smallest absolute Gasteiger partial charge is 0.265 e. The summed E-state index contributed by atoms with van der Waals surface area (Å²) in [5, 5.41) is 2.96. The van der Waals surface area contributed by atoms with Gasteiger partial charge in [-0.1, -0.05) is 38.5 Å². The summed E-state index contributed by atoms with van der Waals surface area (Å²) in [5.41, 5.74) is 4.49. The van der Waals surface area contributed by atoms with Gasteiger partial charge in [-0.15, -0.1) is 0 Å². The van der Waals surface area contributed by atoms with Crippen molar-refractivity contribution in [2.45, 2.75) is 59.5 Å². The van der Waals surface area contributed by atoms with Crippen molar-refractivity contribution in [1.29, 1.82) is 0 Å². The molecule has 0 aliphatic carbocycles. The van der Waals surface area contributed by atoms with E-state index in [-0.39, 0.29) is 5.91 Å². The molecule has 0 saturated carbocycles. The lowest BCUT2D eigenvalue weighted by molar-refractivity contribution is -0.122. The number of aryl methyl sites for hydroxylation is 3. The molecule has 1 unspecified atom stereocenters. The Morgan fingerprint density at radius 3 is 2.36 bits per heavy atom. The molecular weight excluding hydrogens is 310 g/mol. The third-order valence-electron chi connectivity index (χ3n) is 4.46. The van der Waals surface area contributed by atoms with Crippen molar-refractivity contribution >= 4 is 11.6 Å². The Bertz CT molecular complexity index is 692. The van der Waals surface area contributed by atoms with E-state index in [9.17, 15) is 4.79 Å². The summed E-state index contributed by atoms with van der Waals surface area (Å²) in [6.07, 6.45) is 3.58. The highest BCUT2D eigenvalue weighted by atomic mass is 16.5. The number of carbonyl (C=O) groups is 1. The number of anilines is 1. The number of hydrogen-bond donors (Lipinski definition) is 1. The van der Waals surface area contributed by atoms with E-state index >= 15 is 0 Å². The van der Waals surface area contributed by atoms with Gasteiger partial charge in [0.05, 0.1) is 0 Å². The molecule has 2 aromatic rings. The van der Waals surface area contributed by atoms with Gasteiger partial charge in [-0.3, -0.25) is 4.79 Å². The first-order chi connectivity index (χ1) is 12.0. The fourth-order valence-electron chi connectivity index (χ4n) is 2.63. The van der Waals surface area contributed by atoms with Crippen molar-refractivity contribution in [3.8, 4) is 5.75 Å². The predicted octanol–water partition coefficient (Wildman–Crippen LogP) is 5.44. The second-order valence-corrected chi connectivity index (χ2v) is 6.55. The second kappa shape index (κ2) is 9.26. The minimum atomic E-state index is -0.498. The van der Waals surface area contributed by atoms with E-state index in [1.807, 2.05) is 44.2 Å². The van der Waals surface area contributed by atoms with E-state index in [0.29, 0.717) is 6.42 Å². The van der Waals surface area contributed by atoms with Crippen molar-refractivity contribution < 1.29 is 9.53 Å². The van der Waals surface area contributed by atoms with Crippen LogP contribution in [0.2, 0.25) is 0 Å². The SMILES string of the molecule is CCCCc1ccc(NC(=O)C(CC)Oc2ccc(C)c(C)c2)cc1. The van der Waals surface area contributed by atoms with E-state index in [0.717, 1.165) is 23.4 Å². The van der Waals surface area contributed by atoms with Crippen LogP contribution < -0.4 is 10.1 Å². The van der Waals surface area contributed by atoms with Gasteiger partial charge < -0.3 is 10.1 Å². The Morgan fingerprint density at radius 2 is 1.76 bits per heavy atom. The Morgan fingerprint density at radius 1 is 1.04 bits per heavy atom. The van der Waals surface area contributed by atoms with Gasteiger partial charge in [0.25, 0.3) is 5.91 Å². The summed E-state index contributed by atoms with van der Waals surface area (Å²) in [4.78, 5) is 12.5. The normalized spacial score (nSPS) is 11.8. The van der Waals surface area contributed by atoms with Crippen LogP contribution in [0.3, 0.4) is 0 Å². The number of benzene rings is 2. The van der Waals surface area contributed by atoms with Crippen molar-refractivity contribution in [3.63, 3.8) is 0 Å². The largest absolute Gasteiger partial charge is 0.481 e. The van der Waals surface area contributed by atoms with Crippen molar-refractivity contribution in [3.05, 3.63) is 59.2 Å². The minimum Gasteiger partial charge on any atom is -0.481 e. The minimum absolute atomic E-state index is 0.109. The van der Waals surface area contributed by atoms with Crippen molar-refractivity contribution in [1.82, 2.24) is 0 Å². The van der Waals surface area contributed by atoms with Gasteiger partial charge in [-0.25, -0.2) is 0 Å². The van der Waals surface area contributed by atoms with Gasteiger partial charge >= 0.3 is 0 Å². The van der Waals surface area contributed by atoms with Crippen LogP contribution in [0.15, 0.2) is 42.5 Å². The van der Waals surface area contributed by atoms with E-state index in [1.165, 1.54) is 24.0 Å². The standard InChI is InChI=1S/C22H29NO2/c1-5-7-8-18-10-12-19(13-11-18)23-22(24)21(6-2)25-20-14-9-16(3)17(4)15-20/h9-15,21H,5-8H2,1-4H3,(H,23,24). The molecule has 0 heterocycles. The van der Waals surface area contributed by atoms with Crippen LogP contribution in [0.5, 0.6) is 5.75 Å². The first-order valence-electron chi connectivity index (χ1n) is 9.17. The number of rotatable bonds is 8. The quantitative estimate of drug-likeness (QED) is 0.695. The van der Waals surface area contributed by atoms with E-state index in [4.69, 9.17) is 4.74 Å². The molecule has 134 valence electrons. The third kappa shape index (κ3) is 5.63. The molecule has 0 spiro atoms. The molecule has 1 amide bonds. The first kappa shape index (κ1) is 19.0. The molecule has 2 aromatic carbocycles. The summed E-state index contributed by atoms with van der Waals surface area (Å²) in [5.74, 6) is 0.627. The van der Waals surface area contributed by atoms with Crippen LogP contribution in [0.25, 0.3) is 0 Å². The molecule has 0 aliphatic heterocycles. The number of hydrogen-bond acceptors (Lipinski definition) is 2. The average Bonchev–Trinajstić information content (AvgIpc) is 2.62. The Balaban J connectivity index is 1.98. The van der Waals surface area contributed by atoms with Gasteiger partial charge in [0.1, 0.15) is 5.75 Å². The molecule has 1 N–H and O–H groups in total. The fourth-order valence-corrected chi connectivity index (χ4v) is 2.63. The maximum atomic E-state index is 12.5. The van der Waals surface area contributed by atoms with Gasteiger partial charge in [0.2, 0.25) is 0 Å². The molecule has 0 fully saturated rings. The van der Waals surface area contributed by atoms with Gasteiger partial charge in [-0.05, 0) is 74.1 Å². The Labute approximate surface area is 151 Å². The van der Waals surface area contributed by atoms with Gasteiger partial charge in [-0.2, -0.15) is 0 Å². The molecule has 0 bridgehead atoms. The summed E-state index contributed by atoms with van der Waals surface area (Å²) in [6.45, 7) is 8.25. The maximum absolute atomic E-state index is 12.5. The molecule has 0 saturated heterocycles. The number of carbonyl (C=O) groups excluding carboxylic acids is 1. The molecular formula is C22H29NO2. The monoisotopic (exact) mass is 339 g/mol. The van der Waals surface area contributed by atoms with Gasteiger partial charge in [0, 0.05) is 5.69 Å². The van der Waals surface area contributed by atoms with E-state index in [2.05, 4.69) is 31.3 Å². The Kier molecular flexibility index (Phi) is 7.05. The second-order valence-electron chi connectivity index (χ2n) is 6.55. The van der Waals surface area contributed by atoms with Gasteiger partial charge in [0.15, 0.2) is 6.10 Å². The molecule has 0 aromatic heterocycles. The number of unbranched alkanes of at least 4 members (excludes halogenated alkanes) is 1. The highest BCUT2D eigenvalue weighted by Gasteiger charge is 2.18. The lowest BCUT2D eigenvalue weighted by atomic mass is 10.1. The summed E-state index contributed by atoms with van der Waals surface area (Å²) < 4.78 is 5.90. The van der Waals surface area contributed by atoms with Crippen molar-refractivity contribution in [2.24, 2.45) is 0 Å². The summed E-state index contributed by atoms with van der Waals surface area (Å²) >= 11 is 0. The van der Waals surface area contributed by atoms with Crippen LogP contribution in [-0.2, 0) is 11.2 Å². The summed E-state index contributed by atoms with van der Waals surface area (Å²) in [7, 11) is 0. The molecule has 2 rings (SSSR count). The molecule has 3 heteroatoms. The Hall–Kier alpha value is -2.29. The predicted molar refractivity (Wildman–Crippen MR) is 104 cm³/mol. The van der Waals surface area contributed by atoms with Crippen LogP contribution >= 0.6 is 0 Å². The maximum Gasteiger partial charge on any atom is 0.265 e. The number of ether oxygens (including phenoxy) is 1. The lowest BCUT2D eigenvalue weighted by Crippen LogP contribution is -2.32. The lowest BCUT2D eigenvalue weighted by Gasteiger charge is -2.18. The van der Waals surface area contributed by atoms with Crippen molar-refractivity contribution in [2.75, 3.05) is 5.32 Å². The number of amides is 1. The zero-order chi connectivity index (χ0) is 18.2. The van der Waals surface area contributed by atoms with Crippen LogP contribution in [0, 0.1) is 13.8 Å². The van der Waals surface area contributed by atoms with E-state index < -0.39 is 6.10 Å². The molecule has 25 heavy (non-hydrogen) atoms. The topological polar surface area (TPSA) is 38.3 Å². The van der Waals surface area contributed by atoms with Crippen LogP contribution in [0.4, 0.5) is 5.69 Å². The highest BCUT2D eigenvalue weighted by Crippen LogP contribution is 2.19. The third-order valence-corrected chi connectivity index (χ3v) is 4.46. The van der Waals surface area contributed by atoms with E-state index in [1.54, 1.807) is 0 Å². The molecule has 1 atom stereocenters. The number of nitrogens with one attached hydrogen (secondary N) is 1. The highest BCUT2D eigenvalue weighted by molar-refractivity contribution is 5.94. The van der Waals surface area contributed by atoms with Crippen LogP contribution in [0.1, 0.15) is 49.8 Å². The molecule has 3 nitrogen and oxygen atoms in total. The zero-order valence-electron chi connectivity index (χ0n) is 15.8. The van der Waals surface area contributed by atoms with Crippen LogP contribution in [-0.4, -0.2) is 12.0 Å². The fraction of sp³-hybridized carbons (Fsp3) is 0.409. The molecule has 0 aliphatic rings. The molecule has 0 radical (unpaired) electrons. The first-order valence-corrected chi connectivity index (χ1v) is 9.17.